The summed E-state index contributed by atoms with van der Waals surface area (Å²) in [5.74, 6) is -5.07. The van der Waals surface area contributed by atoms with Crippen LogP contribution in [-0.4, -0.2) is 110 Å². The Morgan fingerprint density at radius 3 is 2.02 bits per heavy atom. The maximum Gasteiger partial charge on any atom is 0.248 e. The minimum atomic E-state index is -1.48. The van der Waals surface area contributed by atoms with Gasteiger partial charge in [-0.15, -0.1) is 0 Å². The smallest absolute Gasteiger partial charge is 0.248 e. The molecule has 2 aromatic heterocycles. The third kappa shape index (κ3) is 12.4. The molecule has 7 atom stereocenters. The normalized spacial score (nSPS) is 16.8. The first-order valence-electron chi connectivity index (χ1n) is 19.2. The highest BCUT2D eigenvalue weighted by molar-refractivity contribution is 5.97. The fraction of sp³-hybridized carbons (Fsp3) is 0.439. The topological polar surface area (TPSA) is 255 Å². The largest absolute Gasteiger partial charge is 0.391 e. The van der Waals surface area contributed by atoms with Crippen LogP contribution in [-0.2, 0) is 46.4 Å². The van der Waals surface area contributed by atoms with Crippen LogP contribution in [0.25, 0.3) is 11.4 Å². The van der Waals surface area contributed by atoms with Gasteiger partial charge in [0.2, 0.25) is 41.4 Å². The third-order valence-electron chi connectivity index (χ3n) is 9.71. The maximum atomic E-state index is 13.9. The highest BCUT2D eigenvalue weighted by atomic mass is 16.3. The van der Waals surface area contributed by atoms with E-state index in [2.05, 4.69) is 36.6 Å². The van der Waals surface area contributed by atoms with E-state index >= 15 is 0 Å². The number of benzene rings is 1. The van der Waals surface area contributed by atoms with Crippen molar-refractivity contribution in [2.24, 2.45) is 11.7 Å². The van der Waals surface area contributed by atoms with Gasteiger partial charge in [-0.1, -0.05) is 50.2 Å². The van der Waals surface area contributed by atoms with E-state index in [0.717, 1.165) is 5.56 Å². The van der Waals surface area contributed by atoms with Crippen molar-refractivity contribution in [2.75, 3.05) is 6.54 Å². The van der Waals surface area contributed by atoms with Crippen molar-refractivity contribution in [1.82, 2.24) is 41.5 Å². The zero-order chi connectivity index (χ0) is 42.5. The molecule has 1 aliphatic rings. The molecule has 310 valence electrons. The standard InChI is InChI=1S/C41H53N9O8/c1-23(2)34(40(57)47-31(36(42)53)20-27-12-7-6-8-13-27)48-37(54)24(3)45-39(56)33-15-11-19-50(33)41(58)35(25(4)51)49-38(55)32(46-26(5)52)22-28-16-18-44-30(21-28)29-14-9-10-17-43-29/h6-10,12-14,16-18,21,23-25,31-35,51H,11,15,19-20,22H2,1-5H3,(H2,42,53)(H,45,56)(H,46,52)(H,47,57)(H,48,54)(H,49,55)/t24-,25-,31+,32+,33+,34+,35+/m1/s1. The van der Waals surface area contributed by atoms with Crippen molar-refractivity contribution >= 4 is 41.4 Å². The van der Waals surface area contributed by atoms with Gasteiger partial charge >= 0.3 is 0 Å². The van der Waals surface area contributed by atoms with Gasteiger partial charge < -0.3 is 42.3 Å². The molecule has 0 aliphatic carbocycles. The molecule has 8 N–H and O–H groups in total. The number of aliphatic hydroxyl groups excluding tert-OH is 1. The molecule has 58 heavy (non-hydrogen) atoms. The summed E-state index contributed by atoms with van der Waals surface area (Å²) in [7, 11) is 0. The SMILES string of the molecule is CC(=O)N[C@@H](Cc1ccnc(-c2ccccn2)c1)C(=O)N[C@H](C(=O)N1CCC[C@H]1C(=O)N[C@H](C)C(=O)N[C@H](C(=O)N[C@@H](Cc1ccccc1)C(N)=O)C(C)C)[C@@H](C)O. The highest BCUT2D eigenvalue weighted by Gasteiger charge is 2.41. The molecular formula is C41H53N9O8. The minimum absolute atomic E-state index is 0.0297. The van der Waals surface area contributed by atoms with E-state index in [-0.39, 0.29) is 25.8 Å². The quantitative estimate of drug-likeness (QED) is 0.0900. The molecule has 0 radical (unpaired) electrons. The summed E-state index contributed by atoms with van der Waals surface area (Å²) in [5.41, 5.74) is 8.17. The lowest BCUT2D eigenvalue weighted by atomic mass is 10.0. The van der Waals surface area contributed by atoms with Crippen LogP contribution < -0.4 is 32.3 Å². The summed E-state index contributed by atoms with van der Waals surface area (Å²) >= 11 is 0. The number of primary amides is 1. The molecule has 0 saturated carbocycles. The number of nitrogens with one attached hydrogen (secondary N) is 5. The van der Waals surface area contributed by atoms with Crippen LogP contribution in [0.1, 0.15) is 58.6 Å². The Morgan fingerprint density at radius 2 is 1.40 bits per heavy atom. The lowest BCUT2D eigenvalue weighted by molar-refractivity contribution is -0.144. The Bertz CT molecular complexity index is 1930. The lowest BCUT2D eigenvalue weighted by Gasteiger charge is -2.31. The van der Waals surface area contributed by atoms with Gasteiger partial charge in [0.1, 0.15) is 36.3 Å². The van der Waals surface area contributed by atoms with Crippen molar-refractivity contribution < 1.29 is 38.7 Å². The van der Waals surface area contributed by atoms with E-state index in [9.17, 15) is 38.7 Å². The second-order valence-electron chi connectivity index (χ2n) is 14.8. The summed E-state index contributed by atoms with van der Waals surface area (Å²) in [4.78, 5) is 102. The van der Waals surface area contributed by atoms with Crippen molar-refractivity contribution in [3.05, 3.63) is 84.2 Å². The van der Waals surface area contributed by atoms with Crippen molar-refractivity contribution in [1.29, 1.82) is 0 Å². The van der Waals surface area contributed by atoms with Crippen LogP contribution in [0.15, 0.2) is 73.1 Å². The average Bonchev–Trinajstić information content (AvgIpc) is 3.69. The predicted molar refractivity (Wildman–Crippen MR) is 213 cm³/mol. The molecule has 0 spiro atoms. The van der Waals surface area contributed by atoms with Crippen LogP contribution >= 0.6 is 0 Å². The van der Waals surface area contributed by atoms with Gasteiger partial charge in [0, 0.05) is 38.7 Å². The Morgan fingerprint density at radius 1 is 0.741 bits per heavy atom. The first-order valence-corrected chi connectivity index (χ1v) is 19.2. The molecule has 17 heteroatoms. The molecular weight excluding hydrogens is 747 g/mol. The van der Waals surface area contributed by atoms with E-state index in [0.29, 0.717) is 23.4 Å². The zero-order valence-electron chi connectivity index (χ0n) is 33.3. The van der Waals surface area contributed by atoms with Gasteiger partial charge in [0.25, 0.3) is 0 Å². The molecule has 7 amide bonds. The molecule has 4 rings (SSSR count). The Hall–Kier alpha value is -6.23. The van der Waals surface area contributed by atoms with Gasteiger partial charge in [0.15, 0.2) is 0 Å². The summed E-state index contributed by atoms with van der Waals surface area (Å²) in [6, 6.07) is 10.9. The van der Waals surface area contributed by atoms with Gasteiger partial charge in [-0.3, -0.25) is 43.5 Å². The molecule has 1 saturated heterocycles. The summed E-state index contributed by atoms with van der Waals surface area (Å²) < 4.78 is 0. The van der Waals surface area contributed by atoms with E-state index in [1.54, 1.807) is 74.8 Å². The highest BCUT2D eigenvalue weighted by Crippen LogP contribution is 2.21. The maximum absolute atomic E-state index is 13.9. The summed E-state index contributed by atoms with van der Waals surface area (Å²) in [5, 5.41) is 23.8. The number of amides is 7. The van der Waals surface area contributed by atoms with Gasteiger partial charge in [-0.25, -0.2) is 0 Å². The number of nitrogens with zero attached hydrogens (tertiary/aromatic N) is 3. The number of carbonyl (C=O) groups is 7. The van der Waals surface area contributed by atoms with Crippen LogP contribution in [0.5, 0.6) is 0 Å². The number of pyridine rings is 2. The van der Waals surface area contributed by atoms with E-state index in [4.69, 9.17) is 5.73 Å². The molecule has 1 aromatic carbocycles. The second kappa shape index (κ2) is 20.8. The number of nitrogens with two attached hydrogens (primary N) is 1. The number of carbonyl (C=O) groups excluding carboxylic acids is 7. The zero-order valence-corrected chi connectivity index (χ0v) is 33.3. The van der Waals surface area contributed by atoms with Crippen LogP contribution in [0.2, 0.25) is 0 Å². The van der Waals surface area contributed by atoms with E-state index < -0.39 is 89.6 Å². The van der Waals surface area contributed by atoms with Crippen LogP contribution in [0.4, 0.5) is 0 Å². The predicted octanol–water partition coefficient (Wildman–Crippen LogP) is -0.0943. The first kappa shape index (κ1) is 44.5. The van der Waals surface area contributed by atoms with Gasteiger partial charge in [0.05, 0.1) is 17.5 Å². The Kier molecular flexibility index (Phi) is 15.9. The number of likely N-dealkylation sites (tertiary alicyclic amines) is 1. The number of aliphatic hydroxyl groups is 1. The molecule has 17 nitrogen and oxygen atoms in total. The lowest BCUT2D eigenvalue weighted by Crippen LogP contribution is -2.61. The molecule has 0 bridgehead atoms. The number of rotatable bonds is 18. The number of hydrogen-bond donors (Lipinski definition) is 7. The second-order valence-corrected chi connectivity index (χ2v) is 14.8. The molecule has 1 fully saturated rings. The Labute approximate surface area is 337 Å². The molecule has 3 heterocycles. The summed E-state index contributed by atoms with van der Waals surface area (Å²) in [6.07, 6.45) is 2.65. The van der Waals surface area contributed by atoms with Crippen LogP contribution in [0, 0.1) is 5.92 Å². The van der Waals surface area contributed by atoms with Crippen molar-refractivity contribution in [2.45, 2.75) is 103 Å². The van der Waals surface area contributed by atoms with E-state index in [1.165, 1.54) is 25.7 Å². The first-order chi connectivity index (χ1) is 27.5. The van der Waals surface area contributed by atoms with Crippen molar-refractivity contribution in [3.63, 3.8) is 0 Å². The average molecular weight is 800 g/mol. The van der Waals surface area contributed by atoms with Crippen LogP contribution in [0.3, 0.4) is 0 Å². The number of hydrogen-bond acceptors (Lipinski definition) is 10. The summed E-state index contributed by atoms with van der Waals surface area (Å²) in [6.45, 7) is 7.56. The number of aromatic nitrogens is 2. The fourth-order valence-corrected chi connectivity index (χ4v) is 6.59. The minimum Gasteiger partial charge on any atom is -0.391 e. The molecule has 3 aromatic rings. The Balaban J connectivity index is 1.39. The molecule has 0 unspecified atom stereocenters. The molecule has 1 aliphatic heterocycles. The van der Waals surface area contributed by atoms with Crippen molar-refractivity contribution in [3.8, 4) is 11.4 Å². The monoisotopic (exact) mass is 799 g/mol. The van der Waals surface area contributed by atoms with Gasteiger partial charge in [-0.2, -0.15) is 0 Å². The van der Waals surface area contributed by atoms with Gasteiger partial charge in [-0.05, 0) is 68.0 Å². The third-order valence-corrected chi connectivity index (χ3v) is 9.71. The fourth-order valence-electron chi connectivity index (χ4n) is 6.59. The van der Waals surface area contributed by atoms with E-state index in [1.807, 2.05) is 12.1 Å².